The molecule has 0 spiro atoms. The molecule has 2 nitrogen and oxygen atoms in total. The third-order valence-electron chi connectivity index (χ3n) is 3.91. The number of hydrogen-bond acceptors (Lipinski definition) is 3. The van der Waals surface area contributed by atoms with Gasteiger partial charge in [-0.15, -0.1) is 11.3 Å². The van der Waals surface area contributed by atoms with E-state index in [0.717, 1.165) is 24.8 Å². The Morgan fingerprint density at radius 2 is 2.35 bits per heavy atom. The highest BCUT2D eigenvalue weighted by Gasteiger charge is 2.24. The molecule has 1 fully saturated rings. The van der Waals surface area contributed by atoms with Crippen LogP contribution in [0.15, 0.2) is 5.38 Å². The van der Waals surface area contributed by atoms with Gasteiger partial charge in [-0.3, -0.25) is 0 Å². The molecule has 1 aliphatic rings. The molecule has 3 heteroatoms. The van der Waals surface area contributed by atoms with E-state index in [4.69, 9.17) is 4.98 Å². The zero-order chi connectivity index (χ0) is 12.1. The number of aromatic nitrogens is 1. The summed E-state index contributed by atoms with van der Waals surface area (Å²) in [7, 11) is 2.00. The molecule has 96 valence electrons. The normalized spacial score (nSPS) is 25.1. The Hall–Kier alpha value is -0.410. The lowest BCUT2D eigenvalue weighted by Gasteiger charge is -2.26. The van der Waals surface area contributed by atoms with Crippen LogP contribution < -0.4 is 5.32 Å². The molecule has 0 saturated heterocycles. The second kappa shape index (κ2) is 6.50. The van der Waals surface area contributed by atoms with E-state index in [1.807, 2.05) is 18.4 Å². The van der Waals surface area contributed by atoms with Gasteiger partial charge >= 0.3 is 0 Å². The van der Waals surface area contributed by atoms with E-state index in [2.05, 4.69) is 17.6 Å². The van der Waals surface area contributed by atoms with E-state index in [9.17, 15) is 0 Å². The van der Waals surface area contributed by atoms with E-state index < -0.39 is 0 Å². The monoisotopic (exact) mass is 252 g/mol. The van der Waals surface area contributed by atoms with Gasteiger partial charge in [-0.25, -0.2) is 4.98 Å². The van der Waals surface area contributed by atoms with Crippen molar-refractivity contribution in [1.29, 1.82) is 0 Å². The molecule has 0 amide bonds. The molecule has 0 aromatic carbocycles. The zero-order valence-corrected chi connectivity index (χ0v) is 11.9. The second-order valence-electron chi connectivity index (χ2n) is 5.17. The van der Waals surface area contributed by atoms with Crippen molar-refractivity contribution in [3.8, 4) is 0 Å². The van der Waals surface area contributed by atoms with Crippen molar-refractivity contribution < 1.29 is 0 Å². The average molecular weight is 252 g/mol. The van der Waals surface area contributed by atoms with Crippen molar-refractivity contribution in [3.05, 3.63) is 16.1 Å². The molecule has 1 heterocycles. The number of thiazole rings is 1. The van der Waals surface area contributed by atoms with Crippen molar-refractivity contribution in [1.82, 2.24) is 10.3 Å². The van der Waals surface area contributed by atoms with E-state index in [1.165, 1.54) is 42.8 Å². The maximum Gasteiger partial charge on any atom is 0.0959 e. The molecule has 1 aromatic heterocycles. The van der Waals surface area contributed by atoms with Crippen LogP contribution in [0.5, 0.6) is 0 Å². The minimum absolute atomic E-state index is 0.752. The van der Waals surface area contributed by atoms with Crippen LogP contribution in [0.1, 0.15) is 55.6 Å². The topological polar surface area (TPSA) is 24.9 Å². The summed E-state index contributed by atoms with van der Waals surface area (Å²) in [5, 5.41) is 6.84. The molecule has 2 atom stereocenters. The van der Waals surface area contributed by atoms with Crippen LogP contribution in [0.3, 0.4) is 0 Å². The summed E-state index contributed by atoms with van der Waals surface area (Å²) in [5.74, 6) is 1.69. The molecule has 17 heavy (non-hydrogen) atoms. The Morgan fingerprint density at radius 1 is 1.47 bits per heavy atom. The number of likely N-dealkylation sites (N-methyl/N-ethyl adjacent to an activating group) is 1. The van der Waals surface area contributed by atoms with E-state index in [0.29, 0.717) is 0 Å². The Morgan fingerprint density at radius 3 is 3.12 bits per heavy atom. The van der Waals surface area contributed by atoms with Gasteiger partial charge in [0.2, 0.25) is 0 Å². The standard InChI is InChI=1S/C14H24N2S/c1-3-11-5-4-6-12(9-11)14-16-13(10-17-14)7-8-15-2/h10-12,15H,3-9H2,1-2H3. The Bertz CT molecular complexity index is 335. The fourth-order valence-corrected chi connectivity index (χ4v) is 3.77. The van der Waals surface area contributed by atoms with Crippen LogP contribution in [0, 0.1) is 5.92 Å². The van der Waals surface area contributed by atoms with Crippen LogP contribution in [0.25, 0.3) is 0 Å². The molecule has 1 aromatic rings. The Balaban J connectivity index is 1.94. The van der Waals surface area contributed by atoms with Gasteiger partial charge in [0.15, 0.2) is 0 Å². The molecule has 0 bridgehead atoms. The number of rotatable bonds is 5. The lowest BCUT2D eigenvalue weighted by Crippen LogP contribution is -2.14. The molecule has 0 aliphatic heterocycles. The lowest BCUT2D eigenvalue weighted by molar-refractivity contribution is 0.314. The van der Waals surface area contributed by atoms with Crippen LogP contribution in [0.2, 0.25) is 0 Å². The van der Waals surface area contributed by atoms with Crippen molar-refractivity contribution in [3.63, 3.8) is 0 Å². The fourth-order valence-electron chi connectivity index (χ4n) is 2.76. The molecule has 1 N–H and O–H groups in total. The summed E-state index contributed by atoms with van der Waals surface area (Å²) in [6, 6.07) is 0. The SMILES string of the molecule is CCC1CCCC(c2nc(CCNC)cs2)C1. The van der Waals surface area contributed by atoms with E-state index >= 15 is 0 Å². The smallest absolute Gasteiger partial charge is 0.0959 e. The lowest BCUT2D eigenvalue weighted by atomic mass is 9.80. The molecular weight excluding hydrogens is 228 g/mol. The van der Waals surface area contributed by atoms with Gasteiger partial charge in [0.1, 0.15) is 0 Å². The molecule has 0 radical (unpaired) electrons. The highest BCUT2D eigenvalue weighted by Crippen LogP contribution is 2.38. The highest BCUT2D eigenvalue weighted by molar-refractivity contribution is 7.09. The predicted molar refractivity (Wildman–Crippen MR) is 74.7 cm³/mol. The fraction of sp³-hybridized carbons (Fsp3) is 0.786. The van der Waals surface area contributed by atoms with Crippen molar-refractivity contribution in [2.24, 2.45) is 5.92 Å². The number of nitrogens with one attached hydrogen (secondary N) is 1. The quantitative estimate of drug-likeness (QED) is 0.866. The summed E-state index contributed by atoms with van der Waals surface area (Å²) in [4.78, 5) is 4.82. The Kier molecular flexibility index (Phi) is 4.99. The van der Waals surface area contributed by atoms with E-state index in [1.54, 1.807) is 0 Å². The van der Waals surface area contributed by atoms with Gasteiger partial charge in [0.05, 0.1) is 10.7 Å². The van der Waals surface area contributed by atoms with Crippen molar-refractivity contribution in [2.45, 2.75) is 51.4 Å². The first-order valence-corrected chi connectivity index (χ1v) is 7.80. The molecule has 1 aliphatic carbocycles. The number of nitrogens with zero attached hydrogens (tertiary/aromatic N) is 1. The zero-order valence-electron chi connectivity index (χ0n) is 11.0. The van der Waals surface area contributed by atoms with Crippen LogP contribution in [-0.2, 0) is 6.42 Å². The molecule has 2 unspecified atom stereocenters. The third-order valence-corrected chi connectivity index (χ3v) is 4.97. The van der Waals surface area contributed by atoms with Gasteiger partial charge in [0, 0.05) is 24.3 Å². The van der Waals surface area contributed by atoms with Gasteiger partial charge in [-0.2, -0.15) is 0 Å². The first-order valence-electron chi connectivity index (χ1n) is 6.92. The van der Waals surface area contributed by atoms with Gasteiger partial charge in [-0.1, -0.05) is 26.2 Å². The minimum atomic E-state index is 0.752. The van der Waals surface area contributed by atoms with Gasteiger partial charge < -0.3 is 5.32 Å². The number of hydrogen-bond donors (Lipinski definition) is 1. The summed E-state index contributed by atoms with van der Waals surface area (Å²) in [6.07, 6.45) is 7.97. The van der Waals surface area contributed by atoms with E-state index in [-0.39, 0.29) is 0 Å². The van der Waals surface area contributed by atoms with Crippen LogP contribution in [-0.4, -0.2) is 18.6 Å². The van der Waals surface area contributed by atoms with Crippen LogP contribution in [0.4, 0.5) is 0 Å². The molecule has 1 saturated carbocycles. The van der Waals surface area contributed by atoms with Gasteiger partial charge in [0.25, 0.3) is 0 Å². The largest absolute Gasteiger partial charge is 0.319 e. The van der Waals surface area contributed by atoms with Gasteiger partial charge in [-0.05, 0) is 25.8 Å². The molecular formula is C14H24N2S. The summed E-state index contributed by atoms with van der Waals surface area (Å²) in [5.41, 5.74) is 1.28. The van der Waals surface area contributed by atoms with Crippen molar-refractivity contribution in [2.75, 3.05) is 13.6 Å². The second-order valence-corrected chi connectivity index (χ2v) is 6.06. The van der Waals surface area contributed by atoms with Crippen molar-refractivity contribution >= 4 is 11.3 Å². The maximum absolute atomic E-state index is 4.82. The third kappa shape index (κ3) is 3.52. The maximum atomic E-state index is 4.82. The minimum Gasteiger partial charge on any atom is -0.319 e. The Labute approximate surface area is 109 Å². The summed E-state index contributed by atoms with van der Waals surface area (Å²) < 4.78 is 0. The summed E-state index contributed by atoms with van der Waals surface area (Å²) in [6.45, 7) is 3.36. The summed E-state index contributed by atoms with van der Waals surface area (Å²) >= 11 is 1.88. The highest BCUT2D eigenvalue weighted by atomic mass is 32.1. The van der Waals surface area contributed by atoms with Crippen LogP contribution >= 0.6 is 11.3 Å². The first kappa shape index (κ1) is 13.0. The first-order chi connectivity index (χ1) is 8.33. The predicted octanol–water partition coefficient (Wildman–Crippen LogP) is 3.59. The average Bonchev–Trinajstić information content (AvgIpc) is 2.85. The molecule has 2 rings (SSSR count).